The van der Waals surface area contributed by atoms with Gasteiger partial charge in [0.1, 0.15) is 0 Å². The molecule has 1 fully saturated rings. The van der Waals surface area contributed by atoms with E-state index in [1.54, 1.807) is 31.2 Å². The molecule has 2 unspecified atom stereocenters. The van der Waals surface area contributed by atoms with E-state index in [9.17, 15) is 9.90 Å². The highest BCUT2D eigenvalue weighted by Crippen LogP contribution is 2.22. The highest BCUT2D eigenvalue weighted by atomic mass is 16.8. The van der Waals surface area contributed by atoms with Crippen LogP contribution in [0, 0.1) is 0 Å². The van der Waals surface area contributed by atoms with Gasteiger partial charge in [0.25, 0.3) is 0 Å². The Morgan fingerprint density at radius 1 is 1.42 bits per heavy atom. The number of rotatable bonds is 5. The van der Waals surface area contributed by atoms with Crippen molar-refractivity contribution in [3.8, 4) is 0 Å². The minimum atomic E-state index is -1.29. The Hall–Kier alpha value is -1.43. The van der Waals surface area contributed by atoms with Crippen LogP contribution in [0.2, 0.25) is 0 Å². The molecule has 2 rings (SSSR count). The van der Waals surface area contributed by atoms with E-state index in [1.165, 1.54) is 0 Å². The molecule has 0 aliphatic carbocycles. The van der Waals surface area contributed by atoms with Crippen molar-refractivity contribution in [2.24, 2.45) is 0 Å². The quantitative estimate of drug-likeness (QED) is 0.797. The molecule has 0 bridgehead atoms. The topological polar surface area (TPSA) is 67.8 Å². The van der Waals surface area contributed by atoms with Gasteiger partial charge in [0.15, 0.2) is 11.8 Å². The van der Waals surface area contributed by atoms with Crippen LogP contribution in [-0.2, 0) is 19.9 Å². The fourth-order valence-corrected chi connectivity index (χ4v) is 1.99. The second kappa shape index (κ2) is 6.14. The van der Waals surface area contributed by atoms with Crippen molar-refractivity contribution >= 4 is 5.97 Å². The maximum atomic E-state index is 11.5. The van der Waals surface area contributed by atoms with Crippen LogP contribution < -0.4 is 5.48 Å². The van der Waals surface area contributed by atoms with Crippen molar-refractivity contribution in [3.63, 3.8) is 0 Å². The van der Waals surface area contributed by atoms with Gasteiger partial charge in [-0.2, -0.15) is 5.48 Å². The molecule has 5 heteroatoms. The molecular formula is C14H19NO4. The van der Waals surface area contributed by atoms with Crippen LogP contribution in [0.5, 0.6) is 0 Å². The van der Waals surface area contributed by atoms with Gasteiger partial charge in [-0.15, -0.1) is 0 Å². The number of hydrogen-bond acceptors (Lipinski definition) is 4. The van der Waals surface area contributed by atoms with Crippen molar-refractivity contribution in [3.05, 3.63) is 35.9 Å². The number of benzene rings is 1. The maximum absolute atomic E-state index is 11.5. The van der Waals surface area contributed by atoms with Gasteiger partial charge in [-0.05, 0) is 25.3 Å². The molecule has 0 aromatic heterocycles. The normalized spacial score (nSPS) is 22.7. The monoisotopic (exact) mass is 265 g/mol. The summed E-state index contributed by atoms with van der Waals surface area (Å²) in [6.45, 7) is 2.23. The van der Waals surface area contributed by atoms with E-state index < -0.39 is 11.5 Å². The van der Waals surface area contributed by atoms with Gasteiger partial charge < -0.3 is 9.84 Å². The molecule has 1 heterocycles. The molecule has 0 radical (unpaired) electrons. The molecule has 0 spiro atoms. The average Bonchev–Trinajstić information content (AvgIpc) is 2.46. The summed E-state index contributed by atoms with van der Waals surface area (Å²) in [5, 5.41) is 9.43. The fourth-order valence-electron chi connectivity index (χ4n) is 1.99. The Kier molecular flexibility index (Phi) is 4.52. The lowest BCUT2D eigenvalue weighted by Gasteiger charge is -2.30. The summed E-state index contributed by atoms with van der Waals surface area (Å²) in [4.78, 5) is 16.9. The number of carbonyl (C=O) groups is 1. The van der Waals surface area contributed by atoms with Gasteiger partial charge in [0, 0.05) is 13.0 Å². The number of nitrogens with one attached hydrogen (secondary N) is 1. The second-order valence-corrected chi connectivity index (χ2v) is 4.81. The summed E-state index contributed by atoms with van der Waals surface area (Å²) < 4.78 is 5.41. The number of carboxylic acid groups (broad SMARTS) is 1. The van der Waals surface area contributed by atoms with Crippen molar-refractivity contribution in [2.45, 2.75) is 38.0 Å². The molecule has 2 atom stereocenters. The van der Waals surface area contributed by atoms with Gasteiger partial charge in [-0.1, -0.05) is 30.3 Å². The summed E-state index contributed by atoms with van der Waals surface area (Å²) in [6.07, 6.45) is 2.45. The predicted octanol–water partition coefficient (Wildman–Crippen LogP) is 2.03. The second-order valence-electron chi connectivity index (χ2n) is 4.81. The van der Waals surface area contributed by atoms with E-state index in [0.29, 0.717) is 12.2 Å². The van der Waals surface area contributed by atoms with Crippen LogP contribution in [0.4, 0.5) is 0 Å². The third kappa shape index (κ3) is 3.32. The van der Waals surface area contributed by atoms with Crippen LogP contribution in [0.15, 0.2) is 30.3 Å². The SMILES string of the molecule is CC(NOC1CCCCO1)(C(=O)O)c1ccccc1. The zero-order valence-corrected chi connectivity index (χ0v) is 11.0. The van der Waals surface area contributed by atoms with Crippen LogP contribution in [0.1, 0.15) is 31.7 Å². The van der Waals surface area contributed by atoms with Crippen LogP contribution in [-0.4, -0.2) is 24.0 Å². The lowest BCUT2D eigenvalue weighted by atomic mass is 9.93. The smallest absolute Gasteiger partial charge is 0.330 e. The molecule has 1 aliphatic rings. The molecular weight excluding hydrogens is 246 g/mol. The zero-order chi connectivity index (χ0) is 13.7. The lowest BCUT2D eigenvalue weighted by molar-refractivity contribution is -0.217. The zero-order valence-electron chi connectivity index (χ0n) is 11.0. The van der Waals surface area contributed by atoms with Crippen molar-refractivity contribution < 1.29 is 19.5 Å². The van der Waals surface area contributed by atoms with E-state index >= 15 is 0 Å². The molecule has 1 saturated heterocycles. The molecule has 1 aromatic rings. The highest BCUT2D eigenvalue weighted by molar-refractivity contribution is 5.80. The molecule has 5 nitrogen and oxygen atoms in total. The summed E-state index contributed by atoms with van der Waals surface area (Å²) in [6, 6.07) is 8.96. The number of aliphatic carboxylic acids is 1. The first-order valence-electron chi connectivity index (χ1n) is 6.46. The Morgan fingerprint density at radius 2 is 2.16 bits per heavy atom. The van der Waals surface area contributed by atoms with Crippen LogP contribution in [0.25, 0.3) is 0 Å². The van der Waals surface area contributed by atoms with E-state index in [-0.39, 0.29) is 6.29 Å². The summed E-state index contributed by atoms with van der Waals surface area (Å²) in [5.41, 5.74) is 2.00. The average molecular weight is 265 g/mol. The highest BCUT2D eigenvalue weighted by Gasteiger charge is 2.36. The van der Waals surface area contributed by atoms with Gasteiger partial charge >= 0.3 is 5.97 Å². The summed E-state index contributed by atoms with van der Waals surface area (Å²) >= 11 is 0. The third-order valence-corrected chi connectivity index (χ3v) is 3.31. The number of hydrogen-bond donors (Lipinski definition) is 2. The van der Waals surface area contributed by atoms with Gasteiger partial charge in [0.2, 0.25) is 0 Å². The van der Waals surface area contributed by atoms with Gasteiger partial charge in [0.05, 0.1) is 0 Å². The minimum absolute atomic E-state index is 0.379. The van der Waals surface area contributed by atoms with Crippen molar-refractivity contribution in [1.82, 2.24) is 5.48 Å². The first-order valence-corrected chi connectivity index (χ1v) is 6.46. The maximum Gasteiger partial charge on any atom is 0.330 e. The molecule has 1 aromatic carbocycles. The molecule has 0 amide bonds. The van der Waals surface area contributed by atoms with E-state index in [2.05, 4.69) is 5.48 Å². The molecule has 0 saturated carbocycles. The van der Waals surface area contributed by atoms with E-state index in [0.717, 1.165) is 19.3 Å². The first kappa shape index (κ1) is 14.0. The largest absolute Gasteiger partial charge is 0.480 e. The minimum Gasteiger partial charge on any atom is -0.480 e. The fraction of sp³-hybridized carbons (Fsp3) is 0.500. The molecule has 1 aliphatic heterocycles. The standard InChI is InChI=1S/C14H19NO4/c1-14(13(16)17,11-7-3-2-4-8-11)15-19-12-9-5-6-10-18-12/h2-4,7-8,12,15H,5-6,9-10H2,1H3,(H,16,17). The molecule has 104 valence electrons. The predicted molar refractivity (Wildman–Crippen MR) is 69.2 cm³/mol. The summed E-state index contributed by atoms with van der Waals surface area (Å²) in [7, 11) is 0. The Morgan fingerprint density at radius 3 is 2.74 bits per heavy atom. The Bertz CT molecular complexity index is 417. The number of hydroxylamine groups is 1. The van der Waals surface area contributed by atoms with E-state index in [1.807, 2.05) is 6.07 Å². The Balaban J connectivity index is 2.05. The first-order chi connectivity index (χ1) is 9.13. The number of carboxylic acids is 1. The van der Waals surface area contributed by atoms with Crippen molar-refractivity contribution in [1.29, 1.82) is 0 Å². The summed E-state index contributed by atoms with van der Waals surface area (Å²) in [5.74, 6) is -0.991. The van der Waals surface area contributed by atoms with Crippen LogP contribution in [0.3, 0.4) is 0 Å². The number of ether oxygens (including phenoxy) is 1. The molecule has 19 heavy (non-hydrogen) atoms. The molecule has 2 N–H and O–H groups in total. The van der Waals surface area contributed by atoms with Gasteiger partial charge in [-0.25, -0.2) is 4.79 Å². The van der Waals surface area contributed by atoms with Crippen molar-refractivity contribution in [2.75, 3.05) is 6.61 Å². The third-order valence-electron chi connectivity index (χ3n) is 3.31. The Labute approximate surface area is 112 Å². The van der Waals surface area contributed by atoms with E-state index in [4.69, 9.17) is 9.57 Å². The van der Waals surface area contributed by atoms with Gasteiger partial charge in [-0.3, -0.25) is 4.84 Å². The lowest BCUT2D eigenvalue weighted by Crippen LogP contribution is -2.48. The van der Waals surface area contributed by atoms with Crippen LogP contribution >= 0.6 is 0 Å².